The monoisotopic (exact) mass is 114 g/mol. The molecule has 1 atom stereocenters. The van der Waals surface area contributed by atoms with Crippen LogP contribution >= 0.6 is 24.2 Å². The summed E-state index contributed by atoms with van der Waals surface area (Å²) in [5, 5.41) is 0. The Morgan fingerprint density at radius 2 is 2.20 bits per heavy atom. The molecule has 0 amide bonds. The summed E-state index contributed by atoms with van der Waals surface area (Å²) in [6.45, 7) is 0. The maximum absolute atomic E-state index is 11.2. The van der Waals surface area contributed by atoms with Crippen molar-refractivity contribution in [3.63, 3.8) is 0 Å². The van der Waals surface area contributed by atoms with Gasteiger partial charge in [-0.15, -0.1) is 24.2 Å². The van der Waals surface area contributed by atoms with Gasteiger partial charge in [0.25, 0.3) is 0 Å². The summed E-state index contributed by atoms with van der Waals surface area (Å²) in [5.41, 5.74) is -1.16. The van der Waals surface area contributed by atoms with E-state index >= 15 is 0 Å². The van der Waals surface area contributed by atoms with Crippen LogP contribution in [0.1, 0.15) is 0 Å². The van der Waals surface area contributed by atoms with Crippen molar-refractivity contribution in [3.8, 4) is 0 Å². The van der Waals surface area contributed by atoms with Gasteiger partial charge in [-0.1, -0.05) is 0 Å². The van der Waals surface area contributed by atoms with Crippen molar-refractivity contribution in [2.45, 2.75) is 5.50 Å². The predicted molar refractivity (Wildman–Crippen MR) is 24.6 cm³/mol. The molecule has 0 heterocycles. The molecule has 0 aliphatic rings. The highest BCUT2D eigenvalue weighted by atomic mass is 35.5. The average molecular weight is 115 g/mol. The Balaban J connectivity index is 2.54. The first kappa shape index (κ1) is 5.57. The molecule has 5 heavy (non-hydrogen) atoms. The van der Waals surface area contributed by atoms with Crippen LogP contribution in [0.15, 0.2) is 0 Å². The summed E-state index contributed by atoms with van der Waals surface area (Å²) >= 11 is 8.18. The molecule has 3 heteroatoms. The van der Waals surface area contributed by atoms with Gasteiger partial charge in [0.1, 0.15) is 0 Å². The van der Waals surface area contributed by atoms with Crippen LogP contribution in [0.25, 0.3) is 0 Å². The van der Waals surface area contributed by atoms with E-state index < -0.39 is 5.50 Å². The SMILES string of the molecule is FC(S)CCl. The van der Waals surface area contributed by atoms with Crippen LogP contribution in [0.4, 0.5) is 4.39 Å². The van der Waals surface area contributed by atoms with E-state index in [2.05, 4.69) is 12.6 Å². The molecule has 0 spiro atoms. The Labute approximate surface area is 40.7 Å². The van der Waals surface area contributed by atoms with Crippen LogP contribution in [0.2, 0.25) is 0 Å². The highest BCUT2D eigenvalue weighted by Gasteiger charge is 1.88. The van der Waals surface area contributed by atoms with Crippen LogP contribution in [0.3, 0.4) is 0 Å². The molecule has 1 unspecified atom stereocenters. The van der Waals surface area contributed by atoms with Crippen LogP contribution in [0, 0.1) is 0 Å². The third-order valence-corrected chi connectivity index (χ3v) is 0.796. The number of halogens is 2. The van der Waals surface area contributed by atoms with Crippen LogP contribution in [-0.4, -0.2) is 11.4 Å². The molecule has 0 rings (SSSR count). The third-order valence-electron chi connectivity index (χ3n) is 0.127. The zero-order valence-corrected chi connectivity index (χ0v) is 4.14. The van der Waals surface area contributed by atoms with E-state index in [9.17, 15) is 4.39 Å². The second-order valence-corrected chi connectivity index (χ2v) is 1.46. The average Bonchev–Trinajstić information content (AvgIpc) is 1.38. The first-order valence-corrected chi connectivity index (χ1v) is 2.20. The number of hydrogen-bond acceptors (Lipinski definition) is 1. The van der Waals surface area contributed by atoms with Gasteiger partial charge in [0, 0.05) is 0 Å². The fourth-order valence-corrected chi connectivity index (χ4v) is 0. The Morgan fingerprint density at radius 1 is 2.00 bits per heavy atom. The Bertz CT molecular complexity index is 23.6. The van der Waals surface area contributed by atoms with Crippen molar-refractivity contribution < 1.29 is 4.39 Å². The first-order chi connectivity index (χ1) is 2.27. The second kappa shape index (κ2) is 2.79. The van der Waals surface area contributed by atoms with Gasteiger partial charge in [0.05, 0.1) is 5.88 Å². The van der Waals surface area contributed by atoms with Crippen molar-refractivity contribution >= 4 is 24.2 Å². The lowest BCUT2D eigenvalue weighted by Gasteiger charge is -1.83. The van der Waals surface area contributed by atoms with E-state index in [-0.39, 0.29) is 5.88 Å². The molecular weight excluding hydrogens is 111 g/mol. The standard InChI is InChI=1S/C2H4ClFS/c3-1-2(4)5/h2,5H,1H2. The molecule has 0 aromatic rings. The Kier molecular flexibility index (Phi) is 3.11. The summed E-state index contributed by atoms with van der Waals surface area (Å²) < 4.78 is 11.2. The lowest BCUT2D eigenvalue weighted by Crippen LogP contribution is -1.85. The minimum atomic E-state index is -1.16. The highest BCUT2D eigenvalue weighted by Crippen LogP contribution is 1.95. The van der Waals surface area contributed by atoms with Crippen LogP contribution in [-0.2, 0) is 0 Å². The maximum atomic E-state index is 11.2. The third kappa shape index (κ3) is 4.57. The predicted octanol–water partition coefficient (Wildman–Crippen LogP) is 1.45. The molecule has 0 nitrogen and oxygen atoms in total. The quantitative estimate of drug-likeness (QED) is 0.387. The number of thiol groups is 1. The van der Waals surface area contributed by atoms with Crippen molar-refractivity contribution in [1.29, 1.82) is 0 Å². The number of hydrogen-bond donors (Lipinski definition) is 1. The topological polar surface area (TPSA) is 0 Å². The van der Waals surface area contributed by atoms with Crippen LogP contribution < -0.4 is 0 Å². The van der Waals surface area contributed by atoms with Gasteiger partial charge >= 0.3 is 0 Å². The van der Waals surface area contributed by atoms with E-state index in [0.717, 1.165) is 0 Å². The fraction of sp³-hybridized carbons (Fsp3) is 1.00. The molecule has 0 bridgehead atoms. The summed E-state index contributed by atoms with van der Waals surface area (Å²) in [7, 11) is 0. The lowest BCUT2D eigenvalue weighted by molar-refractivity contribution is 0.491. The molecule has 0 aliphatic heterocycles. The molecule has 0 N–H and O–H groups in total. The van der Waals surface area contributed by atoms with Gasteiger partial charge in [-0.3, -0.25) is 0 Å². The van der Waals surface area contributed by atoms with E-state index in [1.165, 1.54) is 0 Å². The van der Waals surface area contributed by atoms with Gasteiger partial charge in [-0.05, 0) is 0 Å². The van der Waals surface area contributed by atoms with E-state index in [1.54, 1.807) is 0 Å². The molecule has 0 aromatic carbocycles. The second-order valence-electron chi connectivity index (χ2n) is 0.589. The molecule has 0 saturated carbocycles. The van der Waals surface area contributed by atoms with E-state index in [0.29, 0.717) is 0 Å². The Hall–Kier alpha value is 0.570. The summed E-state index contributed by atoms with van der Waals surface area (Å²) in [5.74, 6) is -0.0247. The van der Waals surface area contributed by atoms with Gasteiger partial charge in [-0.25, -0.2) is 4.39 Å². The largest absolute Gasteiger partial charge is 0.235 e. The molecule has 0 aliphatic carbocycles. The Morgan fingerprint density at radius 3 is 2.20 bits per heavy atom. The lowest BCUT2D eigenvalue weighted by atomic mass is 10.9. The molecular formula is C2H4ClFS. The van der Waals surface area contributed by atoms with Gasteiger partial charge < -0.3 is 0 Å². The summed E-state index contributed by atoms with van der Waals surface area (Å²) in [6.07, 6.45) is 0. The number of alkyl halides is 2. The fourth-order valence-electron chi connectivity index (χ4n) is 0. The van der Waals surface area contributed by atoms with Crippen molar-refractivity contribution in [3.05, 3.63) is 0 Å². The molecule has 0 saturated heterocycles. The zero-order chi connectivity index (χ0) is 4.28. The smallest absolute Gasteiger partial charge is 0.156 e. The molecule has 0 aromatic heterocycles. The molecule has 0 fully saturated rings. The van der Waals surface area contributed by atoms with Crippen molar-refractivity contribution in [2.75, 3.05) is 5.88 Å². The van der Waals surface area contributed by atoms with E-state index in [1.807, 2.05) is 0 Å². The zero-order valence-electron chi connectivity index (χ0n) is 2.49. The molecule has 0 radical (unpaired) electrons. The first-order valence-electron chi connectivity index (χ1n) is 1.15. The van der Waals surface area contributed by atoms with Gasteiger partial charge in [-0.2, -0.15) is 0 Å². The van der Waals surface area contributed by atoms with Crippen molar-refractivity contribution in [2.24, 2.45) is 0 Å². The highest BCUT2D eigenvalue weighted by molar-refractivity contribution is 7.80. The van der Waals surface area contributed by atoms with Gasteiger partial charge in [0.15, 0.2) is 5.50 Å². The minimum absolute atomic E-state index is 0.0247. The molecule has 32 valence electrons. The van der Waals surface area contributed by atoms with Crippen molar-refractivity contribution in [1.82, 2.24) is 0 Å². The normalized spacial score (nSPS) is 15.0. The van der Waals surface area contributed by atoms with Crippen LogP contribution in [0.5, 0.6) is 0 Å². The summed E-state index contributed by atoms with van der Waals surface area (Å²) in [4.78, 5) is 0. The number of rotatable bonds is 1. The van der Waals surface area contributed by atoms with Gasteiger partial charge in [0.2, 0.25) is 0 Å². The summed E-state index contributed by atoms with van der Waals surface area (Å²) in [6, 6.07) is 0. The van der Waals surface area contributed by atoms with E-state index in [4.69, 9.17) is 11.6 Å². The maximum Gasteiger partial charge on any atom is 0.156 e. The minimum Gasteiger partial charge on any atom is -0.235 e.